The maximum absolute atomic E-state index is 13.5. The zero-order chi connectivity index (χ0) is 18.2. The lowest BCUT2D eigenvalue weighted by Crippen LogP contribution is -2.38. The highest BCUT2D eigenvalue weighted by Gasteiger charge is 2.61. The summed E-state index contributed by atoms with van der Waals surface area (Å²) in [6, 6.07) is -2.28. The van der Waals surface area contributed by atoms with E-state index in [0.29, 0.717) is 12.1 Å². The summed E-state index contributed by atoms with van der Waals surface area (Å²) in [6.07, 6.45) is -10.5. The molecule has 2 aromatic rings. The minimum Gasteiger partial charge on any atom is -0.417 e. The molecule has 0 spiro atoms. The Balaban J connectivity index is 2.35. The summed E-state index contributed by atoms with van der Waals surface area (Å²) in [7, 11) is -3.80. The normalized spacial score (nSPS) is 14.4. The molecule has 0 aliphatic carbocycles. The maximum atomic E-state index is 13.5. The predicted molar refractivity (Wildman–Crippen MR) is 72.6 cm³/mol. The number of aromatic amines is 1. The lowest BCUT2D eigenvalue weighted by Gasteiger charge is -2.23. The molecule has 1 aromatic heterocycles. The number of halogens is 8. The molecular weight excluding hydrogens is 411 g/mol. The molecular formula is C9H6F8N3OP3. The van der Waals surface area contributed by atoms with E-state index in [2.05, 4.69) is 9.02 Å². The van der Waals surface area contributed by atoms with Crippen LogP contribution in [0.5, 0.6) is 5.75 Å². The van der Waals surface area contributed by atoms with Crippen LogP contribution in [0.25, 0.3) is 0 Å². The van der Waals surface area contributed by atoms with Crippen molar-refractivity contribution in [1.29, 1.82) is 0 Å². The van der Waals surface area contributed by atoms with Gasteiger partial charge in [0, 0.05) is 8.51 Å². The monoisotopic (exact) mass is 417 g/mol. The summed E-state index contributed by atoms with van der Waals surface area (Å²) in [5.74, 6) is -0.286. The summed E-state index contributed by atoms with van der Waals surface area (Å²) in [4.78, 5) is 0. The number of H-pyrrole nitrogens is 1. The molecule has 2 rings (SSSR count). The van der Waals surface area contributed by atoms with Crippen LogP contribution in [-0.2, 0) is 12.2 Å². The zero-order valence-corrected chi connectivity index (χ0v) is 13.8. The van der Waals surface area contributed by atoms with E-state index in [4.69, 9.17) is 4.52 Å². The number of aromatic nitrogens is 3. The van der Waals surface area contributed by atoms with Crippen LogP contribution in [0.2, 0.25) is 0 Å². The van der Waals surface area contributed by atoms with E-state index in [-0.39, 0.29) is 9.84 Å². The van der Waals surface area contributed by atoms with Gasteiger partial charge in [0.2, 0.25) is 8.08 Å². The predicted octanol–water partition coefficient (Wildman–Crippen LogP) is 5.91. The van der Waals surface area contributed by atoms with Crippen molar-refractivity contribution in [2.75, 3.05) is 0 Å². The van der Waals surface area contributed by atoms with Crippen LogP contribution < -0.4 is 4.52 Å². The highest BCUT2D eigenvalue weighted by atomic mass is 31.2. The van der Waals surface area contributed by atoms with E-state index in [1.807, 2.05) is 0 Å². The summed E-state index contributed by atoms with van der Waals surface area (Å²) in [5.41, 5.74) is -1.01. The average Bonchev–Trinajstić information content (AvgIpc) is 2.46. The quantitative estimate of drug-likeness (QED) is 0.632. The van der Waals surface area contributed by atoms with Crippen LogP contribution in [-0.4, -0.2) is 19.3 Å². The molecule has 0 aliphatic heterocycles. The van der Waals surface area contributed by atoms with Crippen molar-refractivity contribution in [2.45, 2.75) is 18.4 Å². The first-order chi connectivity index (χ1) is 10.9. The van der Waals surface area contributed by atoms with E-state index in [9.17, 15) is 35.1 Å². The minimum atomic E-state index is -5.86. The Labute approximate surface area is 132 Å². The molecule has 0 radical (unpaired) electrons. The molecule has 0 fully saturated rings. The largest absolute Gasteiger partial charge is 0.476 e. The van der Waals surface area contributed by atoms with Crippen molar-refractivity contribution in [1.82, 2.24) is 13.1 Å². The second-order valence-corrected chi connectivity index (χ2v) is 8.07. The molecule has 0 bridgehead atoms. The van der Waals surface area contributed by atoms with Gasteiger partial charge in [-0.2, -0.15) is 43.7 Å². The van der Waals surface area contributed by atoms with Crippen LogP contribution in [0.4, 0.5) is 35.1 Å². The number of benzene rings is 1. The van der Waals surface area contributed by atoms with Gasteiger partial charge in [-0.15, -0.1) is 0 Å². The molecule has 134 valence electrons. The average molecular weight is 417 g/mol. The third-order valence-electron chi connectivity index (χ3n) is 2.46. The first kappa shape index (κ1) is 19.1. The Hall–Kier alpha value is -1.24. The SMILES string of the molecule is FC(F)(F)c1ccc(Op2[nH][pH]npn2C(F)(F)C(F)(F)F)cc1. The lowest BCUT2D eigenvalue weighted by molar-refractivity contribution is -0.316. The first-order valence-electron chi connectivity index (χ1n) is 5.74. The van der Waals surface area contributed by atoms with E-state index >= 15 is 0 Å². The van der Waals surface area contributed by atoms with Crippen LogP contribution in [0.3, 0.4) is 0 Å². The van der Waals surface area contributed by atoms with Crippen molar-refractivity contribution in [3.05, 3.63) is 29.8 Å². The standard InChI is InChI=1S/C9H6F8N3OP3/c10-7(11,12)5-1-3-6(4-2-5)21-24-19-22-18-23-20(24)9(16,17)8(13,14)15/h1-4,19,22H. The van der Waals surface area contributed by atoms with Crippen molar-refractivity contribution in [3.8, 4) is 5.75 Å². The van der Waals surface area contributed by atoms with Crippen molar-refractivity contribution in [2.24, 2.45) is 0 Å². The molecule has 4 nitrogen and oxygen atoms in total. The smallest absolute Gasteiger partial charge is 0.417 e. The third kappa shape index (κ3) is 4.05. The second kappa shape index (κ2) is 6.58. The molecule has 1 heterocycles. The highest BCUT2D eigenvalue weighted by molar-refractivity contribution is 7.51. The topological polar surface area (TPSA) is 42.8 Å². The van der Waals surface area contributed by atoms with Gasteiger partial charge in [0.05, 0.1) is 5.56 Å². The molecule has 2 atom stereocenters. The Morgan fingerprint density at radius 2 is 1.62 bits per heavy atom. The summed E-state index contributed by atoms with van der Waals surface area (Å²) < 4.78 is 112. The Kier molecular flexibility index (Phi) is 5.23. The number of rotatable bonds is 3. The summed E-state index contributed by atoms with van der Waals surface area (Å²) in [6.45, 7) is 0. The van der Waals surface area contributed by atoms with Crippen LogP contribution in [0, 0.1) is 0 Å². The molecule has 15 heteroatoms. The van der Waals surface area contributed by atoms with Crippen molar-refractivity contribution < 1.29 is 39.6 Å². The summed E-state index contributed by atoms with van der Waals surface area (Å²) >= 11 is 0. The number of nitrogens with one attached hydrogen (secondary N) is 1. The number of hydrogen-bond acceptors (Lipinski definition) is 2. The fourth-order valence-corrected chi connectivity index (χ4v) is 5.49. The van der Waals surface area contributed by atoms with Gasteiger partial charge in [-0.05, 0) is 24.3 Å². The highest BCUT2D eigenvalue weighted by Crippen LogP contribution is 2.47. The fourth-order valence-electron chi connectivity index (χ4n) is 1.36. The van der Waals surface area contributed by atoms with E-state index < -0.39 is 49.1 Å². The van der Waals surface area contributed by atoms with E-state index in [1.165, 1.54) is 0 Å². The van der Waals surface area contributed by atoms with Gasteiger partial charge >= 0.3 is 18.4 Å². The van der Waals surface area contributed by atoms with Gasteiger partial charge in [-0.3, -0.25) is 4.51 Å². The molecule has 0 saturated carbocycles. The van der Waals surface area contributed by atoms with Crippen LogP contribution >= 0.6 is 25.1 Å². The zero-order valence-electron chi connectivity index (χ0n) is 11.0. The Morgan fingerprint density at radius 3 is 2.12 bits per heavy atom. The number of alkyl halides is 8. The second-order valence-electron chi connectivity index (χ2n) is 4.13. The van der Waals surface area contributed by atoms with Gasteiger partial charge in [-0.1, -0.05) is 0 Å². The molecule has 0 saturated heterocycles. The van der Waals surface area contributed by atoms with Crippen LogP contribution in [0.1, 0.15) is 5.56 Å². The van der Waals surface area contributed by atoms with E-state index in [1.54, 1.807) is 0 Å². The molecule has 0 aliphatic rings. The van der Waals surface area contributed by atoms with Crippen LogP contribution in [0.15, 0.2) is 24.3 Å². The number of nitrogens with zero attached hydrogens (tertiary/aromatic N) is 2. The minimum absolute atomic E-state index is 0.286. The number of hydrogen-bond donors (Lipinski definition) is 1. The fraction of sp³-hybridized carbons (Fsp3) is 0.333. The molecule has 1 N–H and O–H groups in total. The first-order valence-corrected chi connectivity index (χ1v) is 8.70. The molecule has 2 unspecified atom stereocenters. The van der Waals surface area contributed by atoms with Gasteiger partial charge in [0.1, 0.15) is 14.3 Å². The Morgan fingerprint density at radius 1 is 1.04 bits per heavy atom. The van der Waals surface area contributed by atoms with Gasteiger partial charge in [0.25, 0.3) is 0 Å². The molecule has 1 aromatic carbocycles. The lowest BCUT2D eigenvalue weighted by atomic mass is 10.2. The van der Waals surface area contributed by atoms with Crippen molar-refractivity contribution >= 4 is 25.1 Å². The van der Waals surface area contributed by atoms with Gasteiger partial charge < -0.3 is 4.52 Å². The maximum Gasteiger partial charge on any atom is 0.476 e. The van der Waals surface area contributed by atoms with Gasteiger partial charge in [0.15, 0.2) is 0 Å². The van der Waals surface area contributed by atoms with Crippen molar-refractivity contribution in [3.63, 3.8) is 0 Å². The summed E-state index contributed by atoms with van der Waals surface area (Å²) in [5, 5.41) is 0. The molecule has 24 heavy (non-hydrogen) atoms. The molecule has 0 amide bonds. The van der Waals surface area contributed by atoms with E-state index in [0.717, 1.165) is 12.1 Å². The van der Waals surface area contributed by atoms with Gasteiger partial charge in [-0.25, -0.2) is 0 Å². The Bertz CT molecular complexity index is 721. The third-order valence-corrected chi connectivity index (χ3v) is 6.51.